The first-order valence-electron chi connectivity index (χ1n) is 7.65. The summed E-state index contributed by atoms with van der Waals surface area (Å²) in [5.41, 5.74) is 3.64. The van der Waals surface area contributed by atoms with E-state index in [4.69, 9.17) is 0 Å². The molecule has 1 N–H and O–H groups in total. The molecule has 0 bridgehead atoms. The van der Waals surface area contributed by atoms with Crippen LogP contribution < -0.4 is 4.72 Å². The van der Waals surface area contributed by atoms with Gasteiger partial charge in [0.05, 0.1) is 18.0 Å². The van der Waals surface area contributed by atoms with Gasteiger partial charge in [0.25, 0.3) is 0 Å². The molecule has 1 aromatic heterocycles. The molecule has 0 amide bonds. The van der Waals surface area contributed by atoms with E-state index in [1.54, 1.807) is 6.20 Å². The predicted octanol–water partition coefficient (Wildman–Crippen LogP) is 1.30. The zero-order valence-electron chi connectivity index (χ0n) is 13.4. The van der Waals surface area contributed by atoms with E-state index in [0.29, 0.717) is 6.54 Å². The van der Waals surface area contributed by atoms with E-state index in [9.17, 15) is 8.42 Å². The number of nitrogens with one attached hydrogen (secondary N) is 1. The van der Waals surface area contributed by atoms with Crippen LogP contribution in [0.15, 0.2) is 36.5 Å². The summed E-state index contributed by atoms with van der Waals surface area (Å²) in [6.45, 7) is 4.89. The molecular weight excluding hydrogens is 312 g/mol. The third-order valence-corrected chi connectivity index (χ3v) is 4.71. The van der Waals surface area contributed by atoms with Gasteiger partial charge in [-0.25, -0.2) is 13.1 Å². The molecular formula is C16H22N4O2S. The molecule has 6 nitrogen and oxygen atoms in total. The van der Waals surface area contributed by atoms with Crippen molar-refractivity contribution in [3.8, 4) is 0 Å². The molecule has 0 radical (unpaired) electrons. The van der Waals surface area contributed by atoms with Gasteiger partial charge >= 0.3 is 0 Å². The molecule has 7 heteroatoms. The number of hydrogen-bond donors (Lipinski definition) is 1. The van der Waals surface area contributed by atoms with Crippen LogP contribution in [-0.4, -0.2) is 42.4 Å². The van der Waals surface area contributed by atoms with E-state index in [-0.39, 0.29) is 6.04 Å². The minimum Gasteiger partial charge on any atom is -0.291 e. The van der Waals surface area contributed by atoms with E-state index in [1.807, 2.05) is 10.7 Å². The highest BCUT2D eigenvalue weighted by atomic mass is 32.2. The molecule has 2 aromatic rings. The van der Waals surface area contributed by atoms with Crippen LogP contribution in [-0.2, 0) is 23.1 Å². The maximum Gasteiger partial charge on any atom is 0.208 e. The SMILES string of the molecule is Cc1cccc(CN2Cc3ccnn3[C@@H](CNS(C)(=O)=O)C2)c1. The van der Waals surface area contributed by atoms with Crippen molar-refractivity contribution in [2.45, 2.75) is 26.1 Å². The maximum atomic E-state index is 11.4. The fraction of sp³-hybridized carbons (Fsp3) is 0.438. The molecule has 0 aliphatic carbocycles. The Morgan fingerprint density at radius 1 is 1.35 bits per heavy atom. The highest BCUT2D eigenvalue weighted by Gasteiger charge is 2.26. The summed E-state index contributed by atoms with van der Waals surface area (Å²) in [5.74, 6) is 0. The van der Waals surface area contributed by atoms with E-state index in [0.717, 1.165) is 25.3 Å². The van der Waals surface area contributed by atoms with Crippen LogP contribution in [0.3, 0.4) is 0 Å². The summed E-state index contributed by atoms with van der Waals surface area (Å²) >= 11 is 0. The Labute approximate surface area is 137 Å². The van der Waals surface area contributed by atoms with Crippen molar-refractivity contribution in [3.63, 3.8) is 0 Å². The minimum absolute atomic E-state index is 0.00767. The van der Waals surface area contributed by atoms with Gasteiger partial charge in [0, 0.05) is 32.4 Å². The smallest absolute Gasteiger partial charge is 0.208 e. The van der Waals surface area contributed by atoms with Crippen molar-refractivity contribution in [3.05, 3.63) is 53.3 Å². The summed E-state index contributed by atoms with van der Waals surface area (Å²) in [6.07, 6.45) is 2.96. The number of aryl methyl sites for hydroxylation is 1. The number of aromatic nitrogens is 2. The third kappa shape index (κ3) is 4.19. The molecule has 3 rings (SSSR count). The zero-order valence-corrected chi connectivity index (χ0v) is 14.3. The lowest BCUT2D eigenvalue weighted by molar-refractivity contribution is 0.168. The Morgan fingerprint density at radius 2 is 2.17 bits per heavy atom. The van der Waals surface area contributed by atoms with E-state index >= 15 is 0 Å². The van der Waals surface area contributed by atoms with Crippen LogP contribution in [0.4, 0.5) is 0 Å². The first-order chi connectivity index (χ1) is 10.9. The van der Waals surface area contributed by atoms with Gasteiger partial charge in [0.2, 0.25) is 10.0 Å². The average Bonchev–Trinajstić information content (AvgIpc) is 2.92. The van der Waals surface area contributed by atoms with Crippen molar-refractivity contribution in [2.75, 3.05) is 19.3 Å². The lowest BCUT2D eigenvalue weighted by Crippen LogP contribution is -2.42. The average molecular weight is 334 g/mol. The van der Waals surface area contributed by atoms with Crippen molar-refractivity contribution in [1.29, 1.82) is 0 Å². The fourth-order valence-corrected chi connectivity index (χ4v) is 3.55. The normalized spacial score (nSPS) is 18.8. The monoisotopic (exact) mass is 334 g/mol. The number of sulfonamides is 1. The maximum absolute atomic E-state index is 11.4. The fourth-order valence-electron chi connectivity index (χ4n) is 3.05. The van der Waals surface area contributed by atoms with Gasteiger partial charge < -0.3 is 0 Å². The molecule has 0 spiro atoms. The first kappa shape index (κ1) is 16.2. The van der Waals surface area contributed by atoms with Crippen LogP contribution in [0.25, 0.3) is 0 Å². The summed E-state index contributed by atoms with van der Waals surface area (Å²) < 4.78 is 27.3. The van der Waals surface area contributed by atoms with Crippen LogP contribution in [0.2, 0.25) is 0 Å². The number of nitrogens with zero attached hydrogens (tertiary/aromatic N) is 3. The first-order valence-corrected chi connectivity index (χ1v) is 9.55. The van der Waals surface area contributed by atoms with E-state index in [2.05, 4.69) is 45.9 Å². The Morgan fingerprint density at radius 3 is 2.91 bits per heavy atom. The number of benzene rings is 1. The molecule has 1 atom stereocenters. The summed E-state index contributed by atoms with van der Waals surface area (Å²) in [7, 11) is -3.20. The predicted molar refractivity (Wildman–Crippen MR) is 89.4 cm³/mol. The largest absolute Gasteiger partial charge is 0.291 e. The number of hydrogen-bond acceptors (Lipinski definition) is 4. The summed E-state index contributed by atoms with van der Waals surface area (Å²) in [5, 5.41) is 4.35. The van der Waals surface area contributed by atoms with Crippen molar-refractivity contribution in [2.24, 2.45) is 0 Å². The van der Waals surface area contributed by atoms with E-state index < -0.39 is 10.0 Å². The molecule has 124 valence electrons. The lowest BCUT2D eigenvalue weighted by atomic mass is 10.1. The second kappa shape index (κ2) is 6.43. The standard InChI is InChI=1S/C16H22N4O2S/c1-13-4-3-5-14(8-13)10-19-11-15-6-7-17-20(15)16(12-19)9-18-23(2,21)22/h3-8,16,18H,9-12H2,1-2H3/t16-/m0/s1. The summed E-state index contributed by atoms with van der Waals surface area (Å²) in [6, 6.07) is 10.5. The van der Waals surface area contributed by atoms with Gasteiger partial charge in [0.15, 0.2) is 0 Å². The van der Waals surface area contributed by atoms with Gasteiger partial charge in [0.1, 0.15) is 0 Å². The van der Waals surface area contributed by atoms with Crippen molar-refractivity contribution >= 4 is 10.0 Å². The Balaban J connectivity index is 1.74. The molecule has 0 saturated carbocycles. The number of rotatable bonds is 5. The van der Waals surface area contributed by atoms with Crippen LogP contribution in [0.5, 0.6) is 0 Å². The molecule has 23 heavy (non-hydrogen) atoms. The van der Waals surface area contributed by atoms with Crippen LogP contribution in [0.1, 0.15) is 22.9 Å². The molecule has 0 fully saturated rings. The Bertz CT molecular complexity index is 785. The Kier molecular flexibility index (Phi) is 4.52. The van der Waals surface area contributed by atoms with Gasteiger partial charge in [-0.15, -0.1) is 0 Å². The number of fused-ring (bicyclic) bond motifs is 1. The second-order valence-electron chi connectivity index (χ2n) is 6.20. The molecule has 1 aliphatic heterocycles. The van der Waals surface area contributed by atoms with Crippen LogP contribution >= 0.6 is 0 Å². The topological polar surface area (TPSA) is 67.2 Å². The highest BCUT2D eigenvalue weighted by molar-refractivity contribution is 7.88. The minimum atomic E-state index is -3.20. The lowest BCUT2D eigenvalue weighted by Gasteiger charge is -2.34. The molecule has 0 saturated heterocycles. The zero-order chi connectivity index (χ0) is 16.4. The highest BCUT2D eigenvalue weighted by Crippen LogP contribution is 2.22. The van der Waals surface area contributed by atoms with Gasteiger partial charge in [-0.2, -0.15) is 5.10 Å². The quantitative estimate of drug-likeness (QED) is 0.895. The molecule has 0 unspecified atom stereocenters. The van der Waals surface area contributed by atoms with E-state index in [1.165, 1.54) is 17.4 Å². The van der Waals surface area contributed by atoms with Gasteiger partial charge in [-0.1, -0.05) is 29.8 Å². The molecule has 2 heterocycles. The second-order valence-corrected chi connectivity index (χ2v) is 8.03. The van der Waals surface area contributed by atoms with Crippen LogP contribution in [0, 0.1) is 6.92 Å². The van der Waals surface area contributed by atoms with Gasteiger partial charge in [-0.3, -0.25) is 9.58 Å². The molecule has 1 aliphatic rings. The Hall–Kier alpha value is -1.70. The molecule has 1 aromatic carbocycles. The summed E-state index contributed by atoms with van der Waals surface area (Å²) in [4.78, 5) is 2.33. The third-order valence-electron chi connectivity index (χ3n) is 4.02. The van der Waals surface area contributed by atoms with Crippen molar-refractivity contribution in [1.82, 2.24) is 19.4 Å². The van der Waals surface area contributed by atoms with Crippen molar-refractivity contribution < 1.29 is 8.42 Å². The van der Waals surface area contributed by atoms with Gasteiger partial charge in [-0.05, 0) is 18.6 Å².